The number of fused-ring (bicyclic) bond motifs is 2. The first-order chi connectivity index (χ1) is 36.3. The fraction of sp³-hybridized carbons (Fsp3) is 0.353. The van der Waals surface area contributed by atoms with Crippen LogP contribution in [0.25, 0.3) is 22.1 Å². The lowest BCUT2D eigenvalue weighted by atomic mass is 9.96. The molecule has 25 heteroatoms. The number of allylic oxidation sites excluding steroid dienone is 2. The number of anilines is 1. The minimum atomic E-state index is -1.22. The average molecular weight is 1050 g/mol. The summed E-state index contributed by atoms with van der Waals surface area (Å²) in [4.78, 5) is 133. The van der Waals surface area contributed by atoms with Crippen LogP contribution in [0.3, 0.4) is 0 Å². The van der Waals surface area contributed by atoms with Gasteiger partial charge in [0.05, 0.1) is 61.6 Å². The average Bonchev–Trinajstić information content (AvgIpc) is 4.20. The van der Waals surface area contributed by atoms with Gasteiger partial charge in [0, 0.05) is 69.5 Å². The molecule has 0 bridgehead atoms. The van der Waals surface area contributed by atoms with E-state index in [9.17, 15) is 48.3 Å². The topological polar surface area (TPSA) is 357 Å². The molecule has 6 aromatic rings. The normalized spacial score (nSPS) is 12.8. The van der Waals surface area contributed by atoms with E-state index in [4.69, 9.17) is 39.5 Å². The number of nitrogens with zero attached hydrogens (tertiary/aromatic N) is 7. The molecule has 2 aromatic carbocycles. The van der Waals surface area contributed by atoms with Crippen molar-refractivity contribution in [2.24, 2.45) is 17.4 Å². The number of nitrogens with one attached hydrogen (secondary N) is 1. The smallest absolute Gasteiger partial charge is 0.309 e. The maximum atomic E-state index is 14.0. The molecule has 0 aliphatic carbocycles. The number of imidazole rings is 2. The number of hydrogen-bond acceptors (Lipinski definition) is 18. The molecule has 5 heterocycles. The van der Waals surface area contributed by atoms with E-state index in [1.807, 2.05) is 13.8 Å². The predicted molar refractivity (Wildman–Crippen MR) is 266 cm³/mol. The van der Waals surface area contributed by atoms with Gasteiger partial charge < -0.3 is 48.8 Å². The first-order valence-electron chi connectivity index (χ1n) is 24.0. The fourth-order valence-electron chi connectivity index (χ4n) is 8.46. The summed E-state index contributed by atoms with van der Waals surface area (Å²) in [6.45, 7) is 5.99. The predicted octanol–water partition coefficient (Wildman–Crippen LogP) is 3.92. The Labute approximate surface area is 432 Å². The number of primary amides is 2. The van der Waals surface area contributed by atoms with E-state index in [0.717, 1.165) is 12.2 Å². The number of rotatable bonds is 27. The molecule has 7 rings (SSSR count). The van der Waals surface area contributed by atoms with Crippen LogP contribution in [0.1, 0.15) is 110 Å². The van der Waals surface area contributed by atoms with E-state index >= 15 is 0 Å². The Morgan fingerprint density at radius 2 is 1.36 bits per heavy atom. The Bertz CT molecular complexity index is 3360. The largest absolute Gasteiger partial charge is 0.494 e. The lowest BCUT2D eigenvalue weighted by Gasteiger charge is -2.17. The van der Waals surface area contributed by atoms with Gasteiger partial charge in [0.25, 0.3) is 17.7 Å². The number of nitrogens with two attached hydrogens (primary N) is 2. The van der Waals surface area contributed by atoms with Crippen molar-refractivity contribution < 1.29 is 71.3 Å². The first kappa shape index (κ1) is 54.5. The van der Waals surface area contributed by atoms with Gasteiger partial charge in [-0.05, 0) is 43.5 Å². The number of ether oxygens (including phenoxy) is 3. The summed E-state index contributed by atoms with van der Waals surface area (Å²) in [7, 11) is 1.40. The second-order valence-corrected chi connectivity index (χ2v) is 17.4. The highest BCUT2D eigenvalue weighted by Gasteiger charge is 2.30. The molecule has 0 radical (unpaired) electrons. The van der Waals surface area contributed by atoms with Gasteiger partial charge in [-0.15, -0.1) is 0 Å². The molecule has 1 atom stereocenters. The van der Waals surface area contributed by atoms with E-state index in [2.05, 4.69) is 20.3 Å². The highest BCUT2D eigenvalue weighted by atomic mass is 16.5. The second-order valence-electron chi connectivity index (χ2n) is 17.4. The van der Waals surface area contributed by atoms with Gasteiger partial charge in [-0.1, -0.05) is 26.0 Å². The molecule has 0 fully saturated rings. The minimum Gasteiger partial charge on any atom is -0.494 e. The van der Waals surface area contributed by atoms with Crippen LogP contribution in [0, 0.1) is 19.8 Å². The lowest BCUT2D eigenvalue weighted by Crippen LogP contribution is -2.36. The third kappa shape index (κ3) is 12.4. The Balaban J connectivity index is 1.17. The van der Waals surface area contributed by atoms with Gasteiger partial charge in [0.15, 0.2) is 23.3 Å². The monoisotopic (exact) mass is 1050 g/mol. The van der Waals surface area contributed by atoms with E-state index in [-0.39, 0.29) is 103 Å². The van der Waals surface area contributed by atoms with Crippen molar-refractivity contribution in [3.8, 4) is 11.5 Å². The molecule has 398 valence electrons. The Kier molecular flexibility index (Phi) is 17.0. The van der Waals surface area contributed by atoms with Crippen LogP contribution >= 0.6 is 0 Å². The third-order valence-corrected chi connectivity index (χ3v) is 12.0. The van der Waals surface area contributed by atoms with E-state index in [1.54, 1.807) is 35.1 Å². The zero-order valence-electron chi connectivity index (χ0n) is 42.1. The van der Waals surface area contributed by atoms with Crippen molar-refractivity contribution in [3.05, 3.63) is 100 Å². The van der Waals surface area contributed by atoms with Gasteiger partial charge in [0.2, 0.25) is 29.3 Å². The van der Waals surface area contributed by atoms with Gasteiger partial charge >= 0.3 is 11.9 Å². The van der Waals surface area contributed by atoms with Gasteiger partial charge in [0.1, 0.15) is 28.4 Å². The number of methoxy groups -OCH3 is 1. The van der Waals surface area contributed by atoms with E-state index in [0.29, 0.717) is 51.9 Å². The molecule has 76 heavy (non-hydrogen) atoms. The van der Waals surface area contributed by atoms with Crippen LogP contribution in [0.2, 0.25) is 0 Å². The van der Waals surface area contributed by atoms with E-state index in [1.165, 1.54) is 31.4 Å². The van der Waals surface area contributed by atoms with Gasteiger partial charge in [-0.3, -0.25) is 53.4 Å². The summed E-state index contributed by atoms with van der Waals surface area (Å²) in [5.74, 6) is -6.65. The summed E-state index contributed by atoms with van der Waals surface area (Å²) in [6, 6.07) is 5.76. The molecular weight excluding hydrogens is 993 g/mol. The van der Waals surface area contributed by atoms with Crippen molar-refractivity contribution >= 4 is 81.1 Å². The Morgan fingerprint density at radius 1 is 0.776 bits per heavy atom. The number of carbonyl (C=O) groups is 9. The molecular formula is C51H54N10O15. The third-order valence-electron chi connectivity index (χ3n) is 12.0. The van der Waals surface area contributed by atoms with Crippen molar-refractivity contribution in [2.75, 3.05) is 32.2 Å². The summed E-state index contributed by atoms with van der Waals surface area (Å²) in [5, 5.41) is 12.1. The summed E-state index contributed by atoms with van der Waals surface area (Å²) in [6.07, 6.45) is 4.90. The molecule has 0 spiro atoms. The highest BCUT2D eigenvalue weighted by Crippen LogP contribution is 2.33. The van der Waals surface area contributed by atoms with Crippen molar-refractivity contribution in [2.45, 2.75) is 85.7 Å². The molecule has 5 amide bonds. The zero-order chi connectivity index (χ0) is 55.0. The number of imide groups is 1. The number of aliphatic carboxylic acids is 1. The number of ketones is 2. The first-order valence-corrected chi connectivity index (χ1v) is 24.0. The maximum Gasteiger partial charge on any atom is 0.309 e. The zero-order valence-corrected chi connectivity index (χ0v) is 42.1. The number of hydrogen-bond donors (Lipinski definition) is 4. The molecule has 25 nitrogen and oxygen atoms in total. The van der Waals surface area contributed by atoms with Crippen LogP contribution in [0.4, 0.5) is 5.95 Å². The quantitative estimate of drug-likeness (QED) is 0.0187. The van der Waals surface area contributed by atoms with Crippen LogP contribution in [-0.2, 0) is 61.1 Å². The number of aryl methyl sites for hydroxylation is 4. The SMILES string of the molecule is CCc1nc(C)oc1C(=O)Cc1nc2cc(C(N)=O)cc(OCCCOC(=O)[C@H](CCC(=O)O)CC(=O)CN3C(=O)C=CC3=O)c2n1C/C=C/Cn1c(NC(=O)c2oc(C)nc2CC)nc2cc(C(N)=O)cc(OC)c21. The van der Waals surface area contributed by atoms with Crippen molar-refractivity contribution in [1.82, 2.24) is 34.0 Å². The van der Waals surface area contributed by atoms with Gasteiger partial charge in [-0.2, -0.15) is 0 Å². The fourth-order valence-corrected chi connectivity index (χ4v) is 8.46. The van der Waals surface area contributed by atoms with Crippen LogP contribution in [0.5, 0.6) is 11.5 Å². The molecule has 0 saturated heterocycles. The number of esters is 1. The van der Waals surface area contributed by atoms with Crippen molar-refractivity contribution in [3.63, 3.8) is 0 Å². The van der Waals surface area contributed by atoms with Gasteiger partial charge in [-0.25, -0.2) is 19.9 Å². The highest BCUT2D eigenvalue weighted by molar-refractivity contribution is 6.14. The number of amides is 5. The molecule has 1 aliphatic rings. The number of Topliss-reactive ketones (excluding diaryl/α,β-unsaturated/α-hetero) is 2. The number of oxazole rings is 2. The molecule has 1 aliphatic heterocycles. The number of carboxylic acid groups (broad SMARTS) is 1. The van der Waals surface area contributed by atoms with Crippen LogP contribution in [0.15, 0.2) is 57.4 Å². The lowest BCUT2D eigenvalue weighted by molar-refractivity contribution is -0.151. The number of carboxylic acids is 1. The number of carbonyl (C=O) groups excluding carboxylic acids is 8. The number of aromatic nitrogens is 6. The van der Waals surface area contributed by atoms with Crippen molar-refractivity contribution in [1.29, 1.82) is 0 Å². The van der Waals surface area contributed by atoms with E-state index < -0.39 is 78.3 Å². The molecule has 0 unspecified atom stereocenters. The second kappa shape index (κ2) is 23.7. The Hall–Kier alpha value is -9.29. The summed E-state index contributed by atoms with van der Waals surface area (Å²) in [5.41, 5.74) is 13.7. The van der Waals surface area contributed by atoms with Crippen LogP contribution < -0.4 is 26.3 Å². The molecule has 6 N–H and O–H groups in total. The van der Waals surface area contributed by atoms with Crippen LogP contribution in [-0.4, -0.2) is 119 Å². The maximum absolute atomic E-state index is 14.0. The standard InChI is InChI=1S/C51H54N10O15/c1-6-32-45(75-26(3)54-32)36(63)24-39-56-34-20-30(48(53)69)23-38(73-17-10-18-74-50(71)28(11-14-42(66)67)19-31(62)25-61-40(64)12-13-41(61)65)44(34)59(39)15-8-9-16-60-43-35(21-29(47(52)68)22-37(43)72-5)57-51(60)58-49(70)46-33(7-2)55-27(4)76-46/h8-9,12-13,20-23,28H,6-7,10-11,14-19,24-25H2,1-5H3,(H2,52,68)(H2,53,69)(H,66,67)(H,57,58,70)/b9-8+/t28-/m1/s1. The summed E-state index contributed by atoms with van der Waals surface area (Å²) < 4.78 is 32.0. The minimum absolute atomic E-state index is 0.00443. The molecule has 4 aromatic heterocycles. The number of benzene rings is 2. The Morgan fingerprint density at radius 3 is 1.96 bits per heavy atom. The molecule has 0 saturated carbocycles. The summed E-state index contributed by atoms with van der Waals surface area (Å²) >= 11 is 0.